The van der Waals surface area contributed by atoms with Gasteiger partial charge in [0, 0.05) is 12.6 Å². The predicted molar refractivity (Wildman–Crippen MR) is 79.3 cm³/mol. The first-order valence-electron chi connectivity index (χ1n) is 6.75. The predicted octanol–water partition coefficient (Wildman–Crippen LogP) is 2.07. The second-order valence-electron chi connectivity index (χ2n) is 5.14. The van der Waals surface area contributed by atoms with Crippen molar-refractivity contribution in [1.82, 2.24) is 15.2 Å². The Morgan fingerprint density at radius 1 is 1.30 bits per heavy atom. The van der Waals surface area contributed by atoms with Crippen LogP contribution >= 0.6 is 0 Å². The van der Waals surface area contributed by atoms with Gasteiger partial charge in [0.25, 0.3) is 0 Å². The number of aromatic nitrogens is 2. The molecule has 0 aliphatic rings. The largest absolute Gasteiger partial charge is 0.491 e. The maximum absolute atomic E-state index is 5.87. The summed E-state index contributed by atoms with van der Waals surface area (Å²) in [5.74, 6) is 6.61. The van der Waals surface area contributed by atoms with Crippen molar-refractivity contribution in [2.75, 3.05) is 0 Å². The van der Waals surface area contributed by atoms with E-state index in [1.165, 1.54) is 0 Å². The number of hydrazine groups is 1. The van der Waals surface area contributed by atoms with Crippen molar-refractivity contribution in [3.63, 3.8) is 0 Å². The van der Waals surface area contributed by atoms with Gasteiger partial charge in [-0.25, -0.2) is 5.43 Å². The Balaban J connectivity index is 2.44. The molecule has 0 spiro atoms. The quantitative estimate of drug-likeness (QED) is 0.647. The Hall–Kier alpha value is -1.85. The minimum atomic E-state index is -0.156. The van der Waals surface area contributed by atoms with E-state index in [9.17, 15) is 0 Å². The number of nitrogens with two attached hydrogens (primary N) is 1. The molecular formula is C15H22N4O. The molecule has 1 unspecified atom stereocenters. The van der Waals surface area contributed by atoms with E-state index < -0.39 is 0 Å². The molecule has 0 aliphatic carbocycles. The first-order valence-corrected chi connectivity index (χ1v) is 6.75. The SMILES string of the molecule is Cc1cc(C(NN)c2ccccc2OC(C)C)n(C)n1. The van der Waals surface area contributed by atoms with Gasteiger partial charge in [-0.05, 0) is 32.9 Å². The number of aryl methyl sites for hydroxylation is 2. The lowest BCUT2D eigenvalue weighted by atomic mass is 10.0. The number of hydrogen-bond donors (Lipinski definition) is 2. The third-order valence-corrected chi connectivity index (χ3v) is 3.09. The molecule has 0 radical (unpaired) electrons. The summed E-state index contributed by atoms with van der Waals surface area (Å²) in [5.41, 5.74) is 5.84. The van der Waals surface area contributed by atoms with E-state index in [-0.39, 0.29) is 12.1 Å². The van der Waals surface area contributed by atoms with E-state index in [4.69, 9.17) is 10.6 Å². The fourth-order valence-electron chi connectivity index (χ4n) is 2.32. The van der Waals surface area contributed by atoms with Gasteiger partial charge in [-0.1, -0.05) is 18.2 Å². The zero-order valence-corrected chi connectivity index (χ0v) is 12.4. The van der Waals surface area contributed by atoms with Crippen molar-refractivity contribution >= 4 is 0 Å². The zero-order chi connectivity index (χ0) is 14.7. The highest BCUT2D eigenvalue weighted by Crippen LogP contribution is 2.30. The second kappa shape index (κ2) is 6.07. The molecule has 0 saturated heterocycles. The first kappa shape index (κ1) is 14.6. The Kier molecular flexibility index (Phi) is 4.42. The van der Waals surface area contributed by atoms with Crippen LogP contribution in [0.1, 0.15) is 36.8 Å². The third kappa shape index (κ3) is 3.00. The third-order valence-electron chi connectivity index (χ3n) is 3.09. The topological polar surface area (TPSA) is 65.1 Å². The average Bonchev–Trinajstić information content (AvgIpc) is 2.71. The summed E-state index contributed by atoms with van der Waals surface area (Å²) in [6, 6.07) is 9.79. The average molecular weight is 274 g/mol. The van der Waals surface area contributed by atoms with Crippen molar-refractivity contribution < 1.29 is 4.74 Å². The van der Waals surface area contributed by atoms with Crippen LogP contribution < -0.4 is 16.0 Å². The van der Waals surface area contributed by atoms with Gasteiger partial charge in [-0.15, -0.1) is 0 Å². The van der Waals surface area contributed by atoms with Crippen LogP contribution in [0, 0.1) is 6.92 Å². The molecule has 0 fully saturated rings. The van der Waals surface area contributed by atoms with Crippen molar-refractivity contribution in [3.05, 3.63) is 47.3 Å². The normalized spacial score (nSPS) is 12.7. The van der Waals surface area contributed by atoms with Crippen LogP contribution in [0.3, 0.4) is 0 Å². The Bertz CT molecular complexity index is 577. The summed E-state index contributed by atoms with van der Waals surface area (Å²) < 4.78 is 7.71. The first-order chi connectivity index (χ1) is 9.52. The highest BCUT2D eigenvalue weighted by atomic mass is 16.5. The summed E-state index contributed by atoms with van der Waals surface area (Å²) in [4.78, 5) is 0. The molecular weight excluding hydrogens is 252 g/mol. The van der Waals surface area contributed by atoms with E-state index in [0.717, 1.165) is 22.7 Å². The van der Waals surface area contributed by atoms with E-state index in [1.54, 1.807) is 0 Å². The molecule has 1 aromatic carbocycles. The molecule has 0 saturated carbocycles. The van der Waals surface area contributed by atoms with Crippen molar-refractivity contribution in [2.45, 2.75) is 32.9 Å². The molecule has 1 aromatic heterocycles. The number of hydrogen-bond acceptors (Lipinski definition) is 4. The number of para-hydroxylation sites is 1. The van der Waals surface area contributed by atoms with Crippen LogP contribution in [-0.2, 0) is 7.05 Å². The van der Waals surface area contributed by atoms with E-state index >= 15 is 0 Å². The van der Waals surface area contributed by atoms with Crippen LogP contribution in [0.5, 0.6) is 5.75 Å². The Labute approximate surface area is 119 Å². The summed E-state index contributed by atoms with van der Waals surface area (Å²) >= 11 is 0. The second-order valence-corrected chi connectivity index (χ2v) is 5.14. The fourth-order valence-corrected chi connectivity index (χ4v) is 2.32. The Morgan fingerprint density at radius 3 is 2.55 bits per heavy atom. The van der Waals surface area contributed by atoms with Crippen LogP contribution in [0.15, 0.2) is 30.3 Å². The van der Waals surface area contributed by atoms with Crippen molar-refractivity contribution in [2.24, 2.45) is 12.9 Å². The van der Waals surface area contributed by atoms with Crippen LogP contribution in [0.25, 0.3) is 0 Å². The lowest BCUT2D eigenvalue weighted by Gasteiger charge is -2.21. The maximum atomic E-state index is 5.87. The van der Waals surface area contributed by atoms with Crippen LogP contribution in [0.4, 0.5) is 0 Å². The van der Waals surface area contributed by atoms with Crippen molar-refractivity contribution in [1.29, 1.82) is 0 Å². The minimum absolute atomic E-state index is 0.114. The van der Waals surface area contributed by atoms with Gasteiger partial charge in [-0.3, -0.25) is 10.5 Å². The number of rotatable bonds is 5. The molecule has 5 nitrogen and oxygen atoms in total. The lowest BCUT2D eigenvalue weighted by Crippen LogP contribution is -2.31. The van der Waals surface area contributed by atoms with Gasteiger partial charge in [-0.2, -0.15) is 5.10 Å². The minimum Gasteiger partial charge on any atom is -0.491 e. The summed E-state index contributed by atoms with van der Waals surface area (Å²) in [7, 11) is 1.92. The van der Waals surface area contributed by atoms with Gasteiger partial charge in [0.1, 0.15) is 5.75 Å². The van der Waals surface area contributed by atoms with Gasteiger partial charge in [0.15, 0.2) is 0 Å². The van der Waals surface area contributed by atoms with Gasteiger partial charge in [0.05, 0.1) is 23.5 Å². The van der Waals surface area contributed by atoms with Crippen LogP contribution in [0.2, 0.25) is 0 Å². The molecule has 3 N–H and O–H groups in total. The van der Waals surface area contributed by atoms with Crippen molar-refractivity contribution in [3.8, 4) is 5.75 Å². The highest BCUT2D eigenvalue weighted by molar-refractivity contribution is 5.40. The molecule has 0 amide bonds. The lowest BCUT2D eigenvalue weighted by molar-refractivity contribution is 0.238. The number of ether oxygens (including phenoxy) is 1. The van der Waals surface area contributed by atoms with E-state index in [1.807, 2.05) is 62.8 Å². The molecule has 2 aromatic rings. The molecule has 5 heteroatoms. The highest BCUT2D eigenvalue weighted by Gasteiger charge is 2.20. The molecule has 1 atom stereocenters. The number of nitrogens with one attached hydrogen (secondary N) is 1. The molecule has 2 rings (SSSR count). The van der Waals surface area contributed by atoms with Gasteiger partial charge >= 0.3 is 0 Å². The molecule has 0 aliphatic heterocycles. The molecule has 20 heavy (non-hydrogen) atoms. The van der Waals surface area contributed by atoms with Gasteiger partial charge < -0.3 is 4.74 Å². The van der Waals surface area contributed by atoms with Crippen LogP contribution in [-0.4, -0.2) is 15.9 Å². The van der Waals surface area contributed by atoms with E-state index in [0.29, 0.717) is 0 Å². The molecule has 1 heterocycles. The summed E-state index contributed by atoms with van der Waals surface area (Å²) in [6.45, 7) is 5.99. The summed E-state index contributed by atoms with van der Waals surface area (Å²) in [6.07, 6.45) is 0.114. The fraction of sp³-hybridized carbons (Fsp3) is 0.400. The Morgan fingerprint density at radius 2 is 2.00 bits per heavy atom. The number of benzene rings is 1. The monoisotopic (exact) mass is 274 g/mol. The smallest absolute Gasteiger partial charge is 0.124 e. The zero-order valence-electron chi connectivity index (χ0n) is 12.4. The number of nitrogens with zero attached hydrogens (tertiary/aromatic N) is 2. The standard InChI is InChI=1S/C15H22N4O/c1-10(2)20-14-8-6-5-7-12(14)15(17-16)13-9-11(3)18-19(13)4/h5-10,15,17H,16H2,1-4H3. The maximum Gasteiger partial charge on any atom is 0.124 e. The van der Waals surface area contributed by atoms with E-state index in [2.05, 4.69) is 10.5 Å². The molecule has 108 valence electrons. The van der Waals surface area contributed by atoms with Gasteiger partial charge in [0.2, 0.25) is 0 Å². The molecule has 0 bridgehead atoms. The summed E-state index contributed by atoms with van der Waals surface area (Å²) in [5, 5.41) is 4.38.